The monoisotopic (exact) mass is 441 g/mol. The fourth-order valence-electron chi connectivity index (χ4n) is 4.34. The molecule has 33 heavy (non-hydrogen) atoms. The van der Waals surface area contributed by atoms with E-state index in [1.807, 2.05) is 54.6 Å². The summed E-state index contributed by atoms with van der Waals surface area (Å²) in [6.45, 7) is 0.769. The normalized spacial score (nSPS) is 15.6. The van der Waals surface area contributed by atoms with Gasteiger partial charge in [0.2, 0.25) is 0 Å². The fourth-order valence-corrected chi connectivity index (χ4v) is 4.34. The summed E-state index contributed by atoms with van der Waals surface area (Å²) < 4.78 is 11.6. The average molecular weight is 441 g/mol. The van der Waals surface area contributed by atoms with Crippen molar-refractivity contribution in [2.45, 2.75) is 25.5 Å². The van der Waals surface area contributed by atoms with Gasteiger partial charge in [-0.3, -0.25) is 4.79 Å². The SMILES string of the molecule is O=C(O)[C@@H]1CCCN1C(=O)c1cccc(COc2ccc(-c3cccc4ccoc34)cc2)c1. The summed E-state index contributed by atoms with van der Waals surface area (Å²) in [5.41, 5.74) is 4.24. The number of carboxylic acid groups (broad SMARTS) is 1. The molecule has 6 nitrogen and oxygen atoms in total. The summed E-state index contributed by atoms with van der Waals surface area (Å²) in [6, 6.07) is 22.2. The lowest BCUT2D eigenvalue weighted by Crippen LogP contribution is -2.40. The van der Waals surface area contributed by atoms with Gasteiger partial charge in [0.25, 0.3) is 5.91 Å². The number of ether oxygens (including phenoxy) is 1. The first-order valence-corrected chi connectivity index (χ1v) is 10.9. The van der Waals surface area contributed by atoms with Crippen molar-refractivity contribution in [3.8, 4) is 16.9 Å². The summed E-state index contributed by atoms with van der Waals surface area (Å²) in [6.07, 6.45) is 2.89. The first-order chi connectivity index (χ1) is 16.1. The van der Waals surface area contributed by atoms with Gasteiger partial charge in [0.1, 0.15) is 24.0 Å². The molecular weight excluding hydrogens is 418 g/mol. The molecule has 1 saturated heterocycles. The molecule has 0 saturated carbocycles. The molecule has 1 atom stereocenters. The fraction of sp³-hybridized carbons (Fsp3) is 0.185. The summed E-state index contributed by atoms with van der Waals surface area (Å²) in [5, 5.41) is 10.4. The Balaban J connectivity index is 1.27. The van der Waals surface area contributed by atoms with Crippen molar-refractivity contribution < 1.29 is 23.8 Å². The molecule has 3 aromatic carbocycles. The van der Waals surface area contributed by atoms with E-state index in [9.17, 15) is 14.7 Å². The van der Waals surface area contributed by atoms with Gasteiger partial charge in [-0.1, -0.05) is 42.5 Å². The van der Waals surface area contributed by atoms with E-state index in [0.29, 0.717) is 37.3 Å². The predicted molar refractivity (Wildman–Crippen MR) is 124 cm³/mol. The van der Waals surface area contributed by atoms with Crippen molar-refractivity contribution in [3.05, 3.63) is 90.2 Å². The zero-order chi connectivity index (χ0) is 22.8. The van der Waals surface area contributed by atoms with Crippen LogP contribution in [0.2, 0.25) is 0 Å². The minimum atomic E-state index is -0.952. The molecule has 1 amide bonds. The molecule has 1 aliphatic heterocycles. The van der Waals surface area contributed by atoms with Crippen molar-refractivity contribution in [1.29, 1.82) is 0 Å². The highest BCUT2D eigenvalue weighted by Gasteiger charge is 2.34. The molecule has 0 radical (unpaired) electrons. The van der Waals surface area contributed by atoms with E-state index in [1.54, 1.807) is 24.5 Å². The summed E-state index contributed by atoms with van der Waals surface area (Å²) in [7, 11) is 0. The van der Waals surface area contributed by atoms with Gasteiger partial charge in [0.05, 0.1) is 6.26 Å². The molecule has 166 valence electrons. The third-order valence-electron chi connectivity index (χ3n) is 6.02. The van der Waals surface area contributed by atoms with Crippen LogP contribution in [0.25, 0.3) is 22.1 Å². The van der Waals surface area contributed by atoms with Crippen LogP contribution in [0.5, 0.6) is 5.75 Å². The van der Waals surface area contributed by atoms with Gasteiger partial charge in [0, 0.05) is 23.1 Å². The number of carboxylic acids is 1. The van der Waals surface area contributed by atoms with Crippen LogP contribution < -0.4 is 4.74 Å². The highest BCUT2D eigenvalue weighted by Crippen LogP contribution is 2.30. The van der Waals surface area contributed by atoms with Crippen LogP contribution in [0, 0.1) is 0 Å². The molecule has 6 heteroatoms. The molecule has 0 aliphatic carbocycles. The highest BCUT2D eigenvalue weighted by atomic mass is 16.5. The summed E-state index contributed by atoms with van der Waals surface area (Å²) in [4.78, 5) is 25.7. The molecule has 1 aliphatic rings. The molecule has 5 rings (SSSR count). The molecule has 1 N–H and O–H groups in total. The molecular formula is C27H23NO5. The lowest BCUT2D eigenvalue weighted by atomic mass is 10.0. The van der Waals surface area contributed by atoms with E-state index in [2.05, 4.69) is 0 Å². The lowest BCUT2D eigenvalue weighted by molar-refractivity contribution is -0.141. The Morgan fingerprint density at radius 3 is 2.67 bits per heavy atom. The van der Waals surface area contributed by atoms with E-state index >= 15 is 0 Å². The number of carbonyl (C=O) groups is 2. The first-order valence-electron chi connectivity index (χ1n) is 10.9. The Morgan fingerprint density at radius 2 is 1.85 bits per heavy atom. The van der Waals surface area contributed by atoms with Crippen LogP contribution in [0.3, 0.4) is 0 Å². The van der Waals surface area contributed by atoms with Gasteiger partial charge < -0.3 is 19.2 Å². The highest BCUT2D eigenvalue weighted by molar-refractivity contribution is 5.97. The molecule has 0 unspecified atom stereocenters. The van der Waals surface area contributed by atoms with Crippen molar-refractivity contribution >= 4 is 22.8 Å². The Morgan fingerprint density at radius 1 is 1.03 bits per heavy atom. The maximum atomic E-state index is 12.8. The number of carbonyl (C=O) groups excluding carboxylic acids is 1. The second kappa shape index (κ2) is 8.82. The Hall–Kier alpha value is -4.06. The second-order valence-corrected chi connectivity index (χ2v) is 8.15. The van der Waals surface area contributed by atoms with Gasteiger partial charge in [-0.25, -0.2) is 4.79 Å². The molecule has 1 aromatic heterocycles. The third kappa shape index (κ3) is 4.20. The maximum absolute atomic E-state index is 12.8. The number of para-hydroxylation sites is 1. The van der Waals surface area contributed by atoms with Gasteiger partial charge in [-0.2, -0.15) is 0 Å². The zero-order valence-electron chi connectivity index (χ0n) is 17.9. The number of rotatable bonds is 6. The van der Waals surface area contributed by atoms with Crippen molar-refractivity contribution in [2.24, 2.45) is 0 Å². The maximum Gasteiger partial charge on any atom is 0.326 e. The number of benzene rings is 3. The van der Waals surface area contributed by atoms with E-state index in [4.69, 9.17) is 9.15 Å². The number of hydrogen-bond donors (Lipinski definition) is 1. The average Bonchev–Trinajstić information content (AvgIpc) is 3.52. The Kier molecular flexibility index (Phi) is 5.57. The molecule has 0 spiro atoms. The van der Waals surface area contributed by atoms with Crippen LogP contribution >= 0.6 is 0 Å². The van der Waals surface area contributed by atoms with Crippen LogP contribution in [0.15, 0.2) is 83.5 Å². The van der Waals surface area contributed by atoms with Crippen LogP contribution in [0.1, 0.15) is 28.8 Å². The van der Waals surface area contributed by atoms with E-state index in [-0.39, 0.29) is 5.91 Å². The van der Waals surface area contributed by atoms with Crippen molar-refractivity contribution in [1.82, 2.24) is 4.90 Å². The number of nitrogens with zero attached hydrogens (tertiary/aromatic N) is 1. The largest absolute Gasteiger partial charge is 0.489 e. The van der Waals surface area contributed by atoms with Gasteiger partial charge in [-0.05, 0) is 54.3 Å². The Labute approximate surface area is 191 Å². The number of likely N-dealkylation sites (tertiary alicyclic amines) is 1. The summed E-state index contributed by atoms with van der Waals surface area (Å²) in [5.74, 6) is -0.488. The van der Waals surface area contributed by atoms with Crippen LogP contribution in [-0.2, 0) is 11.4 Å². The number of furan rings is 1. The van der Waals surface area contributed by atoms with Gasteiger partial charge in [-0.15, -0.1) is 0 Å². The smallest absolute Gasteiger partial charge is 0.326 e. The number of hydrogen-bond acceptors (Lipinski definition) is 4. The quantitative estimate of drug-likeness (QED) is 0.435. The molecule has 1 fully saturated rings. The minimum Gasteiger partial charge on any atom is -0.489 e. The van der Waals surface area contributed by atoms with E-state index < -0.39 is 12.0 Å². The second-order valence-electron chi connectivity index (χ2n) is 8.15. The van der Waals surface area contributed by atoms with E-state index in [0.717, 1.165) is 27.7 Å². The van der Waals surface area contributed by atoms with E-state index in [1.165, 1.54) is 4.90 Å². The molecule has 2 heterocycles. The predicted octanol–water partition coefficient (Wildman–Crippen LogP) is 5.37. The first kappa shape index (κ1) is 20.8. The van der Waals surface area contributed by atoms with Crippen molar-refractivity contribution in [2.75, 3.05) is 6.54 Å². The minimum absolute atomic E-state index is 0.252. The summed E-state index contributed by atoms with van der Waals surface area (Å²) >= 11 is 0. The molecule has 0 bridgehead atoms. The van der Waals surface area contributed by atoms with Crippen LogP contribution in [-0.4, -0.2) is 34.5 Å². The third-order valence-corrected chi connectivity index (χ3v) is 6.02. The number of amides is 1. The van der Waals surface area contributed by atoms with Crippen LogP contribution in [0.4, 0.5) is 0 Å². The van der Waals surface area contributed by atoms with Gasteiger partial charge >= 0.3 is 5.97 Å². The Bertz CT molecular complexity index is 1310. The molecule has 4 aromatic rings. The number of aliphatic carboxylic acids is 1. The van der Waals surface area contributed by atoms with Crippen molar-refractivity contribution in [3.63, 3.8) is 0 Å². The zero-order valence-corrected chi connectivity index (χ0v) is 17.9. The lowest BCUT2D eigenvalue weighted by Gasteiger charge is -2.21. The standard InChI is InChI=1S/C27H23NO5/c29-26(28-14-3-8-24(28)27(30)31)21-6-1-4-18(16-21)17-33-22-11-9-19(10-12-22)23-7-2-5-20-13-15-32-25(20)23/h1-2,4-7,9-13,15-16,24H,3,8,14,17H2,(H,30,31)/t24-/m0/s1. The van der Waals surface area contributed by atoms with Gasteiger partial charge in [0.15, 0.2) is 0 Å². The topological polar surface area (TPSA) is 80.0 Å². The number of fused-ring (bicyclic) bond motifs is 1.